The quantitative estimate of drug-likeness (QED) is 0.0703. The highest BCUT2D eigenvalue weighted by Gasteiger charge is 2.13. The molecular weight excluding hydrogens is 564 g/mol. The van der Waals surface area contributed by atoms with Crippen LogP contribution in [0.25, 0.3) is 0 Å². The van der Waals surface area contributed by atoms with Crippen molar-refractivity contribution >= 4 is 0 Å². The topological polar surface area (TPSA) is 38.7 Å². The summed E-state index contributed by atoms with van der Waals surface area (Å²) in [7, 11) is 0. The van der Waals surface area contributed by atoms with Crippen LogP contribution in [0.4, 0.5) is 0 Å². The number of hydrogen-bond acceptors (Lipinski definition) is 3. The molecule has 7 atom stereocenters. The van der Waals surface area contributed by atoms with E-state index in [0.29, 0.717) is 18.4 Å². The van der Waals surface area contributed by atoms with Crippen LogP contribution in [0, 0.1) is 47.3 Å². The molecule has 278 valence electrons. The maximum Gasteiger partial charge on any atom is 0.104 e. The summed E-state index contributed by atoms with van der Waals surface area (Å²) in [6.07, 6.45) is 26.8. The van der Waals surface area contributed by atoms with Gasteiger partial charge in [0, 0.05) is 13.2 Å². The van der Waals surface area contributed by atoms with Crippen molar-refractivity contribution in [2.24, 2.45) is 47.3 Å². The summed E-state index contributed by atoms with van der Waals surface area (Å²) in [6, 6.07) is 0. The van der Waals surface area contributed by atoms with E-state index in [1.165, 1.54) is 116 Å². The second-order valence-corrected chi connectivity index (χ2v) is 17.3. The van der Waals surface area contributed by atoms with Gasteiger partial charge >= 0.3 is 0 Å². The molecule has 0 aromatic heterocycles. The lowest BCUT2D eigenvalue weighted by molar-refractivity contribution is -0.0471. The van der Waals surface area contributed by atoms with E-state index in [9.17, 15) is 5.11 Å². The Morgan fingerprint density at radius 1 is 0.370 bits per heavy atom. The first-order valence-electron chi connectivity index (χ1n) is 20.7. The Morgan fingerprint density at radius 3 is 0.957 bits per heavy atom. The summed E-state index contributed by atoms with van der Waals surface area (Å²) < 4.78 is 11.9. The third-order valence-corrected chi connectivity index (χ3v) is 10.8. The van der Waals surface area contributed by atoms with Crippen molar-refractivity contribution in [3.05, 3.63) is 0 Å². The van der Waals surface area contributed by atoms with Gasteiger partial charge in [-0.1, -0.05) is 185 Å². The van der Waals surface area contributed by atoms with Crippen molar-refractivity contribution in [3.8, 4) is 0 Å². The van der Waals surface area contributed by atoms with Crippen LogP contribution in [-0.2, 0) is 9.47 Å². The monoisotopic (exact) mass is 653 g/mol. The van der Waals surface area contributed by atoms with Crippen LogP contribution in [0.1, 0.15) is 198 Å². The van der Waals surface area contributed by atoms with E-state index in [2.05, 4.69) is 69.2 Å². The second kappa shape index (κ2) is 30.9. The van der Waals surface area contributed by atoms with E-state index in [0.717, 1.165) is 61.6 Å². The SMILES string of the molecule is CC(C)CCCC(C)CCCC(C)CCCC(C)CCOCC(CO)OCCC(C)CCCC(C)CCCC(C)CCCC(C)C. The molecule has 46 heavy (non-hydrogen) atoms. The average molecular weight is 653 g/mol. The molecule has 0 radical (unpaired) electrons. The highest BCUT2D eigenvalue weighted by molar-refractivity contribution is 4.64. The molecule has 0 aliphatic heterocycles. The highest BCUT2D eigenvalue weighted by atomic mass is 16.5. The van der Waals surface area contributed by atoms with Gasteiger partial charge in [-0.25, -0.2) is 0 Å². The molecule has 0 aliphatic rings. The summed E-state index contributed by atoms with van der Waals surface area (Å²) in [5.74, 6) is 6.57. The fourth-order valence-corrected chi connectivity index (χ4v) is 6.96. The van der Waals surface area contributed by atoms with Gasteiger partial charge in [-0.05, 0) is 60.2 Å². The number of hydrogen-bond donors (Lipinski definition) is 1. The van der Waals surface area contributed by atoms with Gasteiger partial charge in [0.2, 0.25) is 0 Å². The first kappa shape index (κ1) is 45.9. The minimum Gasteiger partial charge on any atom is -0.394 e. The maximum absolute atomic E-state index is 9.78. The zero-order valence-electron chi connectivity index (χ0n) is 33.4. The zero-order valence-corrected chi connectivity index (χ0v) is 33.4. The minimum absolute atomic E-state index is 0.0480. The van der Waals surface area contributed by atoms with Gasteiger partial charge in [0.25, 0.3) is 0 Å². The van der Waals surface area contributed by atoms with Gasteiger partial charge in [0.1, 0.15) is 6.10 Å². The Morgan fingerprint density at radius 2 is 0.652 bits per heavy atom. The van der Waals surface area contributed by atoms with E-state index in [1.807, 2.05) is 0 Å². The fourth-order valence-electron chi connectivity index (χ4n) is 6.96. The van der Waals surface area contributed by atoms with Crippen molar-refractivity contribution in [3.63, 3.8) is 0 Å². The number of rotatable bonds is 34. The van der Waals surface area contributed by atoms with Crippen LogP contribution in [0.2, 0.25) is 0 Å². The van der Waals surface area contributed by atoms with Crippen molar-refractivity contribution < 1.29 is 14.6 Å². The Kier molecular flexibility index (Phi) is 30.8. The number of ether oxygens (including phenoxy) is 2. The van der Waals surface area contributed by atoms with Crippen LogP contribution in [0.15, 0.2) is 0 Å². The van der Waals surface area contributed by atoms with Gasteiger partial charge < -0.3 is 14.6 Å². The lowest BCUT2D eigenvalue weighted by Gasteiger charge is -2.19. The maximum atomic E-state index is 9.78. The Labute approximate surface area is 291 Å². The standard InChI is InChI=1S/C43H88O3/c1-35(2)17-11-19-37(5)21-13-23-39(7)25-15-27-41(9)29-31-45-34-43(33-44)46-32-30-42(10)28-16-26-40(8)24-14-22-38(6)20-12-18-36(3)4/h35-44H,11-34H2,1-10H3. The molecule has 0 fully saturated rings. The molecule has 0 aromatic rings. The van der Waals surface area contributed by atoms with Crippen LogP contribution in [-0.4, -0.2) is 37.6 Å². The molecule has 3 heteroatoms. The van der Waals surface area contributed by atoms with E-state index >= 15 is 0 Å². The van der Waals surface area contributed by atoms with E-state index in [-0.39, 0.29) is 12.7 Å². The molecule has 0 rings (SSSR count). The minimum atomic E-state index is -0.186. The Hall–Kier alpha value is -0.120. The fraction of sp³-hybridized carbons (Fsp3) is 1.00. The van der Waals surface area contributed by atoms with Crippen LogP contribution in [0.5, 0.6) is 0 Å². The van der Waals surface area contributed by atoms with Crippen LogP contribution < -0.4 is 0 Å². The van der Waals surface area contributed by atoms with Gasteiger partial charge in [-0.2, -0.15) is 0 Å². The molecule has 0 bridgehead atoms. The second-order valence-electron chi connectivity index (χ2n) is 17.3. The summed E-state index contributed by atoms with van der Waals surface area (Å²) in [4.78, 5) is 0. The Balaban J connectivity index is 3.77. The molecule has 0 amide bonds. The summed E-state index contributed by atoms with van der Waals surface area (Å²) in [5.41, 5.74) is 0. The first-order valence-corrected chi connectivity index (χ1v) is 20.7. The largest absolute Gasteiger partial charge is 0.394 e. The van der Waals surface area contributed by atoms with Gasteiger partial charge in [-0.15, -0.1) is 0 Å². The number of aliphatic hydroxyl groups is 1. The van der Waals surface area contributed by atoms with Crippen molar-refractivity contribution in [1.82, 2.24) is 0 Å². The summed E-state index contributed by atoms with van der Waals surface area (Å²) in [6.45, 7) is 25.9. The van der Waals surface area contributed by atoms with Crippen molar-refractivity contribution in [1.29, 1.82) is 0 Å². The third-order valence-electron chi connectivity index (χ3n) is 10.8. The van der Waals surface area contributed by atoms with E-state index in [4.69, 9.17) is 9.47 Å². The summed E-state index contributed by atoms with van der Waals surface area (Å²) >= 11 is 0. The summed E-state index contributed by atoms with van der Waals surface area (Å²) in [5, 5.41) is 9.78. The van der Waals surface area contributed by atoms with Gasteiger partial charge in [-0.3, -0.25) is 0 Å². The average Bonchev–Trinajstić information content (AvgIpc) is 2.98. The molecule has 0 heterocycles. The van der Waals surface area contributed by atoms with Gasteiger partial charge in [0.05, 0.1) is 13.2 Å². The molecule has 7 unspecified atom stereocenters. The zero-order chi connectivity index (χ0) is 34.6. The number of aliphatic hydroxyl groups excluding tert-OH is 1. The third kappa shape index (κ3) is 31.2. The predicted molar refractivity (Wildman–Crippen MR) is 205 cm³/mol. The molecule has 3 nitrogen and oxygen atoms in total. The lowest BCUT2D eigenvalue weighted by Crippen LogP contribution is -2.25. The molecule has 0 aliphatic carbocycles. The molecule has 0 saturated heterocycles. The molecule has 1 N–H and O–H groups in total. The van der Waals surface area contributed by atoms with E-state index < -0.39 is 0 Å². The highest BCUT2D eigenvalue weighted by Crippen LogP contribution is 2.24. The van der Waals surface area contributed by atoms with E-state index in [1.54, 1.807) is 0 Å². The lowest BCUT2D eigenvalue weighted by atomic mass is 9.91. The van der Waals surface area contributed by atoms with Crippen LogP contribution in [0.3, 0.4) is 0 Å². The normalized spacial score (nSPS) is 16.9. The molecule has 0 aromatic carbocycles. The Bertz CT molecular complexity index is 619. The molecular formula is C43H88O3. The molecule has 0 saturated carbocycles. The van der Waals surface area contributed by atoms with Crippen molar-refractivity contribution in [2.75, 3.05) is 26.4 Å². The van der Waals surface area contributed by atoms with Crippen molar-refractivity contribution in [2.45, 2.75) is 204 Å². The molecule has 0 spiro atoms. The predicted octanol–water partition coefficient (Wildman–Crippen LogP) is 13.3. The first-order chi connectivity index (χ1) is 21.9. The smallest absolute Gasteiger partial charge is 0.104 e. The van der Waals surface area contributed by atoms with Crippen LogP contribution >= 0.6 is 0 Å². The van der Waals surface area contributed by atoms with Gasteiger partial charge in [0.15, 0.2) is 0 Å².